The largest absolute Gasteiger partial charge is 0.479 e. The Balaban J connectivity index is 1.74. The van der Waals surface area contributed by atoms with E-state index in [1.54, 1.807) is 4.90 Å². The molecule has 2 bridgehead atoms. The normalized spacial score (nSPS) is 37.7. The maximum absolute atomic E-state index is 12.6. The quantitative estimate of drug-likeness (QED) is 0.913. The summed E-state index contributed by atoms with van der Waals surface area (Å²) in [5.74, 6) is -0.349. The first-order valence-electron chi connectivity index (χ1n) is 7.22. The fourth-order valence-electron chi connectivity index (χ4n) is 4.76. The topological polar surface area (TPSA) is 57.6 Å². The summed E-state index contributed by atoms with van der Waals surface area (Å²) in [6, 6.07) is 9.69. The molecule has 1 aromatic carbocycles. The molecule has 3 fully saturated rings. The molecule has 0 radical (unpaired) electrons. The average Bonchev–Trinajstić information content (AvgIpc) is 3.05. The van der Waals surface area contributed by atoms with Gasteiger partial charge >= 0.3 is 5.97 Å². The van der Waals surface area contributed by atoms with Gasteiger partial charge in [0.15, 0.2) is 0 Å². The number of aliphatic carboxylic acids is 1. The molecule has 1 amide bonds. The Labute approximate surface area is 117 Å². The van der Waals surface area contributed by atoms with Crippen LogP contribution < -0.4 is 0 Å². The van der Waals surface area contributed by atoms with Crippen LogP contribution in [-0.4, -0.2) is 27.4 Å². The Morgan fingerprint density at radius 1 is 1.30 bits per heavy atom. The summed E-state index contributed by atoms with van der Waals surface area (Å²) in [6.07, 6.45) is 2.44. The number of rotatable bonds is 3. The lowest BCUT2D eigenvalue weighted by Gasteiger charge is -2.35. The number of amides is 1. The molecule has 20 heavy (non-hydrogen) atoms. The van der Waals surface area contributed by atoms with Crippen LogP contribution in [0, 0.1) is 17.8 Å². The summed E-state index contributed by atoms with van der Waals surface area (Å²) in [6.45, 7) is 0.422. The van der Waals surface area contributed by atoms with Crippen molar-refractivity contribution in [2.45, 2.75) is 31.3 Å². The van der Waals surface area contributed by atoms with Gasteiger partial charge in [-0.3, -0.25) is 4.79 Å². The lowest BCUT2D eigenvalue weighted by molar-refractivity contribution is -0.156. The zero-order chi connectivity index (χ0) is 13.9. The van der Waals surface area contributed by atoms with Crippen LogP contribution in [-0.2, 0) is 16.1 Å². The van der Waals surface area contributed by atoms with Gasteiger partial charge < -0.3 is 10.0 Å². The second kappa shape index (κ2) is 3.84. The lowest BCUT2D eigenvalue weighted by atomic mass is 9.79. The summed E-state index contributed by atoms with van der Waals surface area (Å²) >= 11 is 0. The first kappa shape index (κ1) is 11.9. The molecule has 104 valence electrons. The van der Waals surface area contributed by atoms with Crippen LogP contribution in [0.15, 0.2) is 30.3 Å². The predicted molar refractivity (Wildman–Crippen MR) is 71.7 cm³/mol. The van der Waals surface area contributed by atoms with Crippen LogP contribution in [0.2, 0.25) is 0 Å². The highest BCUT2D eigenvalue weighted by molar-refractivity contribution is 5.94. The zero-order valence-electron chi connectivity index (χ0n) is 11.2. The maximum Gasteiger partial charge on any atom is 0.329 e. The molecule has 1 aromatic rings. The summed E-state index contributed by atoms with van der Waals surface area (Å²) in [7, 11) is 0. The number of carboxylic acids is 1. The molecule has 1 N–H and O–H groups in total. The Hall–Kier alpha value is -1.84. The van der Waals surface area contributed by atoms with E-state index in [1.165, 1.54) is 0 Å². The van der Waals surface area contributed by atoms with Crippen molar-refractivity contribution in [2.75, 3.05) is 0 Å². The first-order chi connectivity index (χ1) is 9.63. The van der Waals surface area contributed by atoms with E-state index < -0.39 is 11.5 Å². The van der Waals surface area contributed by atoms with Crippen molar-refractivity contribution in [2.24, 2.45) is 17.8 Å². The number of likely N-dealkylation sites (tertiary alicyclic amines) is 1. The predicted octanol–water partition coefficient (Wildman–Crippen LogP) is 1.90. The second-order valence-electron chi connectivity index (χ2n) is 6.39. The highest BCUT2D eigenvalue weighted by Crippen LogP contribution is 2.61. The van der Waals surface area contributed by atoms with E-state index in [0.29, 0.717) is 18.9 Å². The summed E-state index contributed by atoms with van der Waals surface area (Å²) in [5, 5.41) is 9.78. The fourth-order valence-corrected chi connectivity index (χ4v) is 4.76. The number of fused-ring (bicyclic) bond motifs is 1. The van der Waals surface area contributed by atoms with Crippen LogP contribution in [0.3, 0.4) is 0 Å². The standard InChI is InChI=1S/C16H17NO3/c18-14-12-6-11-7-13(12)16(8-11,15(19)20)17(14)9-10-4-2-1-3-5-10/h1-5,11-13H,6-9H2,(H,19,20). The van der Waals surface area contributed by atoms with Gasteiger partial charge in [-0.05, 0) is 30.7 Å². The molecule has 1 aliphatic heterocycles. The summed E-state index contributed by atoms with van der Waals surface area (Å²) in [4.78, 5) is 26.2. The molecule has 4 nitrogen and oxygen atoms in total. The summed E-state index contributed by atoms with van der Waals surface area (Å²) in [5.41, 5.74) is 0.0757. The highest BCUT2D eigenvalue weighted by Gasteiger charge is 2.70. The Kier molecular flexibility index (Phi) is 2.29. The lowest BCUT2D eigenvalue weighted by Crippen LogP contribution is -2.53. The third-order valence-electron chi connectivity index (χ3n) is 5.49. The fraction of sp³-hybridized carbons (Fsp3) is 0.500. The minimum absolute atomic E-state index is 0.0289. The van der Waals surface area contributed by atoms with Crippen LogP contribution in [0.4, 0.5) is 0 Å². The van der Waals surface area contributed by atoms with E-state index in [4.69, 9.17) is 0 Å². The van der Waals surface area contributed by atoms with Crippen LogP contribution in [0.5, 0.6) is 0 Å². The third-order valence-corrected chi connectivity index (χ3v) is 5.49. The first-order valence-corrected chi connectivity index (χ1v) is 7.22. The SMILES string of the molecule is O=C1C2CC3CC2C(C(=O)O)(C3)N1Cc1ccccc1. The van der Waals surface area contributed by atoms with Crippen molar-refractivity contribution in [3.05, 3.63) is 35.9 Å². The van der Waals surface area contributed by atoms with Gasteiger partial charge in [0.2, 0.25) is 5.91 Å². The zero-order valence-corrected chi connectivity index (χ0v) is 11.2. The number of carbonyl (C=O) groups excluding carboxylic acids is 1. The molecular weight excluding hydrogens is 254 g/mol. The summed E-state index contributed by atoms with van der Waals surface area (Å²) < 4.78 is 0. The van der Waals surface area contributed by atoms with Gasteiger partial charge in [-0.2, -0.15) is 0 Å². The van der Waals surface area contributed by atoms with Crippen molar-refractivity contribution in [1.82, 2.24) is 4.90 Å². The maximum atomic E-state index is 12.6. The van der Waals surface area contributed by atoms with E-state index >= 15 is 0 Å². The van der Waals surface area contributed by atoms with Crippen molar-refractivity contribution in [3.63, 3.8) is 0 Å². The number of carboxylic acid groups (broad SMARTS) is 1. The van der Waals surface area contributed by atoms with Gasteiger partial charge in [0.25, 0.3) is 0 Å². The molecule has 1 heterocycles. The van der Waals surface area contributed by atoms with Crippen LogP contribution in [0.25, 0.3) is 0 Å². The molecular formula is C16H17NO3. The van der Waals surface area contributed by atoms with Crippen molar-refractivity contribution in [1.29, 1.82) is 0 Å². The molecule has 4 rings (SSSR count). The van der Waals surface area contributed by atoms with Crippen molar-refractivity contribution < 1.29 is 14.7 Å². The van der Waals surface area contributed by atoms with Gasteiger partial charge in [0.1, 0.15) is 5.54 Å². The van der Waals surface area contributed by atoms with E-state index in [-0.39, 0.29) is 17.7 Å². The number of carbonyl (C=O) groups is 2. The number of hydrogen-bond donors (Lipinski definition) is 1. The van der Waals surface area contributed by atoms with Gasteiger partial charge in [0.05, 0.1) is 0 Å². The van der Waals surface area contributed by atoms with Gasteiger partial charge in [-0.25, -0.2) is 4.79 Å². The molecule has 2 aliphatic carbocycles. The minimum atomic E-state index is -0.930. The molecule has 4 atom stereocenters. The van der Waals surface area contributed by atoms with E-state index in [9.17, 15) is 14.7 Å². The Bertz CT molecular complexity index is 585. The molecule has 0 aromatic heterocycles. The second-order valence-corrected chi connectivity index (χ2v) is 6.39. The highest BCUT2D eigenvalue weighted by atomic mass is 16.4. The third kappa shape index (κ3) is 1.31. The smallest absolute Gasteiger partial charge is 0.329 e. The van der Waals surface area contributed by atoms with E-state index in [0.717, 1.165) is 18.4 Å². The van der Waals surface area contributed by atoms with Crippen molar-refractivity contribution in [3.8, 4) is 0 Å². The van der Waals surface area contributed by atoms with Crippen LogP contribution >= 0.6 is 0 Å². The van der Waals surface area contributed by atoms with Gasteiger partial charge in [0, 0.05) is 18.4 Å². The van der Waals surface area contributed by atoms with E-state index in [1.807, 2.05) is 30.3 Å². The number of benzene rings is 1. The monoisotopic (exact) mass is 271 g/mol. The van der Waals surface area contributed by atoms with Crippen molar-refractivity contribution >= 4 is 11.9 Å². The van der Waals surface area contributed by atoms with Gasteiger partial charge in [-0.15, -0.1) is 0 Å². The number of hydrogen-bond acceptors (Lipinski definition) is 2. The Morgan fingerprint density at radius 3 is 2.70 bits per heavy atom. The Morgan fingerprint density at radius 2 is 2.05 bits per heavy atom. The molecule has 4 unspecified atom stereocenters. The molecule has 2 saturated carbocycles. The average molecular weight is 271 g/mol. The molecule has 0 spiro atoms. The minimum Gasteiger partial charge on any atom is -0.479 e. The molecule has 1 saturated heterocycles. The van der Waals surface area contributed by atoms with Gasteiger partial charge in [-0.1, -0.05) is 30.3 Å². The molecule has 3 aliphatic rings. The van der Waals surface area contributed by atoms with Crippen LogP contribution in [0.1, 0.15) is 24.8 Å². The molecule has 4 heteroatoms. The van der Waals surface area contributed by atoms with E-state index in [2.05, 4.69) is 0 Å². The number of nitrogens with zero attached hydrogens (tertiary/aromatic N) is 1.